The average Bonchev–Trinajstić information content (AvgIpc) is 3.09. The minimum Gasteiger partial charge on any atom is -0.503 e. The molecule has 0 unspecified atom stereocenters. The monoisotopic (exact) mass is 331 g/mol. The molecule has 2 aromatic rings. The predicted octanol–water partition coefficient (Wildman–Crippen LogP) is 2.94. The average molecular weight is 331 g/mol. The number of halogens is 1. The lowest BCUT2D eigenvalue weighted by Gasteiger charge is -2.07. The Hall–Kier alpha value is -2.47. The molecule has 2 heterocycles. The van der Waals surface area contributed by atoms with Gasteiger partial charge in [0.2, 0.25) is 5.78 Å². The van der Waals surface area contributed by atoms with Crippen LogP contribution in [0.4, 0.5) is 4.39 Å². The van der Waals surface area contributed by atoms with Crippen LogP contribution in [0.2, 0.25) is 0 Å². The van der Waals surface area contributed by atoms with Crippen molar-refractivity contribution in [3.05, 3.63) is 68.9 Å². The molecule has 1 aromatic carbocycles. The van der Waals surface area contributed by atoms with Crippen LogP contribution in [0.1, 0.15) is 20.8 Å². The molecule has 1 amide bonds. The first-order valence-electron chi connectivity index (χ1n) is 7.00. The van der Waals surface area contributed by atoms with Crippen molar-refractivity contribution in [3.8, 4) is 0 Å². The number of ketones is 1. The molecule has 1 aliphatic heterocycles. The number of amides is 1. The van der Waals surface area contributed by atoms with Crippen LogP contribution in [-0.4, -0.2) is 35.3 Å². The second-order valence-electron chi connectivity index (χ2n) is 5.40. The van der Waals surface area contributed by atoms with E-state index in [-0.39, 0.29) is 23.7 Å². The first kappa shape index (κ1) is 15.4. The molecule has 0 saturated carbocycles. The van der Waals surface area contributed by atoms with Gasteiger partial charge in [0, 0.05) is 7.05 Å². The van der Waals surface area contributed by atoms with Gasteiger partial charge in [-0.1, -0.05) is 12.1 Å². The van der Waals surface area contributed by atoms with E-state index < -0.39 is 11.7 Å². The molecule has 6 heteroatoms. The van der Waals surface area contributed by atoms with E-state index in [4.69, 9.17) is 0 Å². The van der Waals surface area contributed by atoms with Crippen molar-refractivity contribution < 1.29 is 19.1 Å². The molecular weight excluding hydrogens is 317 g/mol. The Morgan fingerprint density at radius 3 is 2.61 bits per heavy atom. The number of rotatable bonds is 4. The maximum atomic E-state index is 13.0. The number of Topliss-reactive ketones (excluding diaryl/α,β-unsaturated/α-hetero) is 1. The van der Waals surface area contributed by atoms with Gasteiger partial charge >= 0.3 is 0 Å². The highest BCUT2D eigenvalue weighted by atomic mass is 32.1. The van der Waals surface area contributed by atoms with Crippen LogP contribution in [0.25, 0.3) is 0 Å². The summed E-state index contributed by atoms with van der Waals surface area (Å²) in [5.41, 5.74) is 1.81. The molecule has 4 nitrogen and oxygen atoms in total. The van der Waals surface area contributed by atoms with Crippen LogP contribution in [-0.2, 0) is 11.2 Å². The van der Waals surface area contributed by atoms with Gasteiger partial charge in [0.1, 0.15) is 5.82 Å². The van der Waals surface area contributed by atoms with E-state index in [0.29, 0.717) is 11.3 Å². The van der Waals surface area contributed by atoms with Crippen LogP contribution >= 0.6 is 11.3 Å². The normalized spacial score (nSPS) is 14.7. The van der Waals surface area contributed by atoms with E-state index in [1.165, 1.54) is 35.4 Å². The largest absolute Gasteiger partial charge is 0.503 e. The van der Waals surface area contributed by atoms with Crippen molar-refractivity contribution in [2.24, 2.45) is 0 Å². The number of carbonyl (C=O) groups excluding carboxylic acids is 2. The number of aliphatic hydroxyl groups is 1. The SMILES string of the molecule is CN1CC(C(=O)c2sccc2Cc2ccc(F)cc2)=C(O)C1=O. The number of aliphatic hydroxyl groups excluding tert-OH is 1. The number of hydrogen-bond donors (Lipinski definition) is 1. The third-order valence-corrected chi connectivity index (χ3v) is 4.72. The number of nitrogens with zero attached hydrogens (tertiary/aromatic N) is 1. The molecule has 0 fully saturated rings. The molecule has 0 aliphatic carbocycles. The van der Waals surface area contributed by atoms with E-state index in [9.17, 15) is 19.1 Å². The zero-order chi connectivity index (χ0) is 16.6. The lowest BCUT2D eigenvalue weighted by Crippen LogP contribution is -2.22. The highest BCUT2D eigenvalue weighted by Crippen LogP contribution is 2.27. The summed E-state index contributed by atoms with van der Waals surface area (Å²) in [6.45, 7) is 0.109. The second kappa shape index (κ2) is 5.96. The fourth-order valence-electron chi connectivity index (χ4n) is 2.51. The zero-order valence-electron chi connectivity index (χ0n) is 12.4. The minimum atomic E-state index is -0.537. The molecule has 118 valence electrons. The van der Waals surface area contributed by atoms with Gasteiger partial charge in [0.25, 0.3) is 5.91 Å². The van der Waals surface area contributed by atoms with E-state index in [1.807, 2.05) is 6.07 Å². The van der Waals surface area contributed by atoms with Crippen molar-refractivity contribution in [3.63, 3.8) is 0 Å². The summed E-state index contributed by atoms with van der Waals surface area (Å²) in [5, 5.41) is 11.6. The Balaban J connectivity index is 1.88. The third-order valence-electron chi connectivity index (χ3n) is 3.77. The first-order valence-corrected chi connectivity index (χ1v) is 7.88. The van der Waals surface area contributed by atoms with E-state index in [2.05, 4.69) is 0 Å². The van der Waals surface area contributed by atoms with Gasteiger partial charge in [-0.2, -0.15) is 0 Å². The summed E-state index contributed by atoms with van der Waals surface area (Å²) in [4.78, 5) is 26.1. The topological polar surface area (TPSA) is 57.6 Å². The van der Waals surface area contributed by atoms with Crippen molar-refractivity contribution in [2.45, 2.75) is 6.42 Å². The Morgan fingerprint density at radius 1 is 1.30 bits per heavy atom. The number of likely N-dealkylation sites (N-methyl/N-ethyl adjacent to an activating group) is 1. The Bertz CT molecular complexity index is 808. The highest BCUT2D eigenvalue weighted by molar-refractivity contribution is 7.12. The van der Waals surface area contributed by atoms with Crippen LogP contribution in [0, 0.1) is 5.82 Å². The van der Waals surface area contributed by atoms with Gasteiger partial charge in [0.05, 0.1) is 17.0 Å². The smallest absolute Gasteiger partial charge is 0.289 e. The highest BCUT2D eigenvalue weighted by Gasteiger charge is 2.33. The molecule has 23 heavy (non-hydrogen) atoms. The molecule has 1 N–H and O–H groups in total. The fourth-order valence-corrected chi connectivity index (χ4v) is 3.40. The van der Waals surface area contributed by atoms with E-state index in [0.717, 1.165) is 11.1 Å². The molecule has 1 aliphatic rings. The summed E-state index contributed by atoms with van der Waals surface area (Å²) in [6, 6.07) is 7.93. The molecule has 0 saturated heterocycles. The second-order valence-corrected chi connectivity index (χ2v) is 6.31. The molecule has 0 atom stereocenters. The Labute approximate surface area is 136 Å². The fraction of sp³-hybridized carbons (Fsp3) is 0.176. The first-order chi connectivity index (χ1) is 11.0. The zero-order valence-corrected chi connectivity index (χ0v) is 13.2. The van der Waals surface area contributed by atoms with Crippen LogP contribution in [0.15, 0.2) is 47.0 Å². The summed E-state index contributed by atoms with van der Waals surface area (Å²) in [6.07, 6.45) is 0.489. The maximum absolute atomic E-state index is 13.0. The number of thiophene rings is 1. The van der Waals surface area contributed by atoms with Crippen molar-refractivity contribution in [1.82, 2.24) is 4.90 Å². The van der Waals surface area contributed by atoms with Crippen molar-refractivity contribution in [1.29, 1.82) is 0 Å². The lowest BCUT2D eigenvalue weighted by atomic mass is 10.0. The van der Waals surface area contributed by atoms with Gasteiger partial charge in [-0.3, -0.25) is 9.59 Å². The number of carbonyl (C=O) groups is 2. The molecule has 0 radical (unpaired) electrons. The molecule has 0 bridgehead atoms. The molecule has 0 spiro atoms. The molecular formula is C17H14FNO3S. The van der Waals surface area contributed by atoms with Crippen LogP contribution in [0.3, 0.4) is 0 Å². The standard InChI is InChI=1S/C17H14FNO3S/c1-19-9-13(15(21)17(19)22)14(20)16-11(6-7-23-16)8-10-2-4-12(18)5-3-10/h2-7,21H,8-9H2,1H3. The van der Waals surface area contributed by atoms with Crippen molar-refractivity contribution >= 4 is 23.0 Å². The quantitative estimate of drug-likeness (QED) is 0.877. The van der Waals surface area contributed by atoms with Gasteiger partial charge in [0.15, 0.2) is 5.76 Å². The summed E-state index contributed by atoms with van der Waals surface area (Å²) in [7, 11) is 1.53. The van der Waals surface area contributed by atoms with E-state index >= 15 is 0 Å². The third kappa shape index (κ3) is 2.90. The van der Waals surface area contributed by atoms with Gasteiger partial charge in [-0.25, -0.2) is 4.39 Å². The van der Waals surface area contributed by atoms with Gasteiger partial charge in [-0.05, 0) is 41.1 Å². The lowest BCUT2D eigenvalue weighted by molar-refractivity contribution is -0.126. The summed E-state index contributed by atoms with van der Waals surface area (Å²) in [5.74, 6) is -1.64. The van der Waals surface area contributed by atoms with Gasteiger partial charge in [-0.15, -0.1) is 11.3 Å². The number of hydrogen-bond acceptors (Lipinski definition) is 4. The Kier molecular flexibility index (Phi) is 4.00. The molecule has 1 aromatic heterocycles. The van der Waals surface area contributed by atoms with Crippen LogP contribution < -0.4 is 0 Å². The van der Waals surface area contributed by atoms with Crippen molar-refractivity contribution in [2.75, 3.05) is 13.6 Å². The summed E-state index contributed by atoms with van der Waals surface area (Å²) >= 11 is 1.27. The van der Waals surface area contributed by atoms with E-state index in [1.54, 1.807) is 17.5 Å². The van der Waals surface area contributed by atoms with Crippen LogP contribution in [0.5, 0.6) is 0 Å². The predicted molar refractivity (Wildman–Crippen MR) is 85.1 cm³/mol. The van der Waals surface area contributed by atoms with Gasteiger partial charge < -0.3 is 10.0 Å². The maximum Gasteiger partial charge on any atom is 0.289 e. The minimum absolute atomic E-state index is 0.109. The summed E-state index contributed by atoms with van der Waals surface area (Å²) < 4.78 is 13.0. The number of benzene rings is 1. The molecule has 3 rings (SSSR count). The Morgan fingerprint density at radius 2 is 2.00 bits per heavy atom.